The van der Waals surface area contributed by atoms with Gasteiger partial charge in [0.25, 0.3) is 0 Å². The molecule has 0 spiro atoms. The van der Waals surface area contributed by atoms with E-state index in [2.05, 4.69) is 9.97 Å². The Morgan fingerprint density at radius 3 is 1.35 bits per heavy atom. The Hall–Kier alpha value is -6.29. The second-order valence-corrected chi connectivity index (χ2v) is 10.3. The summed E-state index contributed by atoms with van der Waals surface area (Å²) in [7, 11) is 0. The lowest BCUT2D eigenvalue weighted by molar-refractivity contribution is 0.100. The first-order chi connectivity index (χ1) is 21.1. The van der Waals surface area contributed by atoms with Crippen LogP contribution in [0, 0.1) is 0 Å². The number of carbonyl (C=O) groups is 1. The van der Waals surface area contributed by atoms with Gasteiger partial charge in [-0.3, -0.25) is 4.79 Å². The van der Waals surface area contributed by atoms with Crippen LogP contribution in [0.1, 0.15) is 10.4 Å². The van der Waals surface area contributed by atoms with Crippen LogP contribution in [-0.2, 0) is 0 Å². The second kappa shape index (κ2) is 8.60. The first-order valence-corrected chi connectivity index (χ1v) is 13.7. The average molecular weight is 558 g/mol. The zero-order valence-corrected chi connectivity index (χ0v) is 22.3. The summed E-state index contributed by atoms with van der Waals surface area (Å²) >= 11 is 0. The van der Waals surface area contributed by atoms with E-state index in [1.165, 1.54) is 0 Å². The van der Waals surface area contributed by atoms with Crippen LogP contribution < -0.4 is 5.73 Å². The summed E-state index contributed by atoms with van der Waals surface area (Å²) in [6.45, 7) is 0. The first-order valence-electron chi connectivity index (χ1n) is 13.7. The molecular weight excluding hydrogens is 538 g/mol. The van der Waals surface area contributed by atoms with Gasteiger partial charge in [-0.05, 0) is 6.07 Å². The number of nitrogens with zero attached hydrogens (tertiary/aromatic N) is 6. The highest BCUT2D eigenvalue weighted by molar-refractivity contribution is 6.16. The van der Waals surface area contributed by atoms with Crippen molar-refractivity contribution in [3.63, 3.8) is 0 Å². The van der Waals surface area contributed by atoms with E-state index in [1.807, 2.05) is 78.9 Å². The predicted molar refractivity (Wildman–Crippen MR) is 165 cm³/mol. The van der Waals surface area contributed by atoms with E-state index in [1.54, 1.807) is 12.1 Å². The molecule has 1 amide bonds. The van der Waals surface area contributed by atoms with Crippen LogP contribution in [0.2, 0.25) is 0 Å². The third-order valence-electron chi connectivity index (χ3n) is 7.84. The van der Waals surface area contributed by atoms with Gasteiger partial charge in [0.05, 0.1) is 5.56 Å². The Bertz CT molecular complexity index is 2510. The predicted octanol–water partition coefficient (Wildman–Crippen LogP) is 5.97. The summed E-state index contributed by atoms with van der Waals surface area (Å²) < 4.78 is 0. The fraction of sp³-hybridized carbons (Fsp3) is 0. The number of amides is 1. The molecule has 10 nitrogen and oxygen atoms in total. The van der Waals surface area contributed by atoms with Crippen LogP contribution >= 0.6 is 0 Å². The summed E-state index contributed by atoms with van der Waals surface area (Å²) in [6, 6.07) is 28.9. The molecule has 43 heavy (non-hydrogen) atoms. The summed E-state index contributed by atoms with van der Waals surface area (Å²) in [5.41, 5.74) is 11.7. The number of hydrogen-bond donors (Lipinski definition) is 3. The minimum absolute atomic E-state index is 0.328. The number of carbonyl (C=O) groups excluding carboxylic acids is 1. The molecule has 5 heterocycles. The Morgan fingerprint density at radius 2 is 0.860 bits per heavy atom. The maximum absolute atomic E-state index is 12.6. The van der Waals surface area contributed by atoms with Crippen molar-refractivity contribution < 1.29 is 4.79 Å². The molecular formula is C33H19N9O. The molecule has 7 aromatic rings. The van der Waals surface area contributed by atoms with Gasteiger partial charge in [-0.2, -0.15) is 0 Å². The molecule has 0 atom stereocenters. The molecule has 9 rings (SSSR count). The van der Waals surface area contributed by atoms with Gasteiger partial charge in [-0.25, -0.2) is 29.9 Å². The molecule has 3 aromatic heterocycles. The van der Waals surface area contributed by atoms with Crippen molar-refractivity contribution in [2.24, 2.45) is 5.73 Å². The lowest BCUT2D eigenvalue weighted by Gasteiger charge is -1.98. The van der Waals surface area contributed by atoms with Crippen LogP contribution in [0.5, 0.6) is 0 Å². The number of H-pyrrole nitrogens is 2. The summed E-state index contributed by atoms with van der Waals surface area (Å²) in [5, 5.41) is 3.06. The third-order valence-corrected chi connectivity index (χ3v) is 7.84. The van der Waals surface area contributed by atoms with Gasteiger partial charge in [0.2, 0.25) is 5.91 Å². The zero-order chi connectivity index (χ0) is 28.7. The van der Waals surface area contributed by atoms with Gasteiger partial charge in [-0.1, -0.05) is 84.9 Å². The van der Waals surface area contributed by atoms with Crippen molar-refractivity contribution in [1.82, 2.24) is 39.9 Å². The van der Waals surface area contributed by atoms with Crippen molar-refractivity contribution in [3.8, 4) is 45.6 Å². The van der Waals surface area contributed by atoms with Crippen LogP contribution in [0.4, 0.5) is 0 Å². The monoisotopic (exact) mass is 557 g/mol. The van der Waals surface area contributed by atoms with Gasteiger partial charge in [-0.15, -0.1) is 0 Å². The molecule has 2 aliphatic rings. The lowest BCUT2D eigenvalue weighted by atomic mass is 10.1. The molecule has 0 radical (unpaired) electrons. The number of fused-ring (bicyclic) bond motifs is 20. The zero-order valence-electron chi connectivity index (χ0n) is 22.3. The fourth-order valence-electron chi connectivity index (χ4n) is 5.90. The van der Waals surface area contributed by atoms with Crippen molar-refractivity contribution >= 4 is 50.0 Å². The molecule has 202 valence electrons. The van der Waals surface area contributed by atoms with Crippen LogP contribution in [0.15, 0.2) is 91.0 Å². The van der Waals surface area contributed by atoms with Gasteiger partial charge < -0.3 is 15.7 Å². The van der Waals surface area contributed by atoms with E-state index < -0.39 is 5.91 Å². The number of rotatable bonds is 1. The molecule has 4 aromatic carbocycles. The Labute approximate surface area is 242 Å². The van der Waals surface area contributed by atoms with Gasteiger partial charge in [0, 0.05) is 43.8 Å². The van der Waals surface area contributed by atoms with Crippen LogP contribution in [-0.4, -0.2) is 45.8 Å². The highest BCUT2D eigenvalue weighted by Crippen LogP contribution is 2.37. The summed E-state index contributed by atoms with van der Waals surface area (Å²) in [4.78, 5) is 48.9. The van der Waals surface area contributed by atoms with Gasteiger partial charge in [0.15, 0.2) is 23.3 Å². The average Bonchev–Trinajstić information content (AvgIpc) is 3.76. The molecule has 0 saturated heterocycles. The quantitative estimate of drug-likeness (QED) is 0.225. The topological polar surface area (TPSA) is 152 Å². The summed E-state index contributed by atoms with van der Waals surface area (Å²) in [5.74, 6) is 1.41. The van der Waals surface area contributed by atoms with E-state index in [9.17, 15) is 4.79 Å². The van der Waals surface area contributed by atoms with Crippen molar-refractivity contribution in [2.45, 2.75) is 0 Å². The second-order valence-electron chi connectivity index (χ2n) is 10.3. The highest BCUT2D eigenvalue weighted by Gasteiger charge is 2.22. The third kappa shape index (κ3) is 3.43. The normalized spacial score (nSPS) is 11.9. The number of aromatic nitrogens is 8. The minimum Gasteiger partial charge on any atom is -0.366 e. The van der Waals surface area contributed by atoms with E-state index >= 15 is 0 Å². The Morgan fingerprint density at radius 1 is 0.465 bits per heavy atom. The van der Waals surface area contributed by atoms with Crippen LogP contribution in [0.25, 0.3) is 89.7 Å². The van der Waals surface area contributed by atoms with Crippen molar-refractivity contribution in [1.29, 1.82) is 0 Å². The van der Waals surface area contributed by atoms with Crippen LogP contribution in [0.3, 0.4) is 0 Å². The molecule has 8 bridgehead atoms. The van der Waals surface area contributed by atoms with E-state index in [0.29, 0.717) is 62.2 Å². The standard InChI is InChI=1S/C33H19N9O/c34-25(43)22-14-7-15-23-24(22)33-41-31-21-13-6-5-12-20(21)29(39-31)37-27-17-9-2-1-8-16(17)26(35-27)36-28-18-10-3-4-11-19(18)30(38-28)40-32(23)42-33/h1-15H,(H2,34,43)(H2,35,36,37,38,39,40,41,42). The number of hydrogen-bond acceptors (Lipinski definition) is 7. The van der Waals surface area contributed by atoms with Gasteiger partial charge in [0.1, 0.15) is 22.6 Å². The minimum atomic E-state index is -0.568. The number of nitrogens with two attached hydrogens (primary N) is 1. The summed E-state index contributed by atoms with van der Waals surface area (Å²) in [6.07, 6.45) is 0. The first kappa shape index (κ1) is 23.4. The molecule has 10 heteroatoms. The number of aromatic amines is 2. The van der Waals surface area contributed by atoms with E-state index in [-0.39, 0.29) is 0 Å². The Kier molecular flexibility index (Phi) is 4.69. The maximum Gasteiger partial charge on any atom is 0.249 e. The molecule has 0 fully saturated rings. The SMILES string of the molecule is NC(=O)c1cccc2c3nc4nc(nc5[nH]c(nc6nc(nc([nH]3)c12)-c1ccccc1-6)c1ccccc51)-c1ccccc1-4. The molecule has 0 saturated carbocycles. The fourth-order valence-corrected chi connectivity index (χ4v) is 5.90. The number of primary amides is 1. The smallest absolute Gasteiger partial charge is 0.249 e. The molecule has 4 N–H and O–H groups in total. The number of benzene rings is 4. The lowest BCUT2D eigenvalue weighted by Crippen LogP contribution is -2.11. The van der Waals surface area contributed by atoms with Crippen molar-refractivity contribution in [3.05, 3.63) is 96.6 Å². The molecule has 0 aliphatic carbocycles. The van der Waals surface area contributed by atoms with E-state index in [4.69, 9.17) is 35.6 Å². The molecule has 0 unspecified atom stereocenters. The maximum atomic E-state index is 12.6. The largest absolute Gasteiger partial charge is 0.366 e. The molecule has 2 aliphatic heterocycles. The highest BCUT2D eigenvalue weighted by atomic mass is 16.1. The van der Waals surface area contributed by atoms with Crippen molar-refractivity contribution in [2.75, 3.05) is 0 Å². The number of nitrogens with one attached hydrogen (secondary N) is 2. The Balaban J connectivity index is 1.52. The van der Waals surface area contributed by atoms with Gasteiger partial charge >= 0.3 is 0 Å². The van der Waals surface area contributed by atoms with E-state index in [0.717, 1.165) is 33.0 Å².